The van der Waals surface area contributed by atoms with E-state index in [1.54, 1.807) is 0 Å². The SMILES string of the molecule is CCC(CCO)NC(=O)c1nc(N)n[nH]1. The van der Waals surface area contributed by atoms with Gasteiger partial charge in [0, 0.05) is 12.6 Å². The molecule has 1 rings (SSSR count). The highest BCUT2D eigenvalue weighted by molar-refractivity contribution is 5.90. The molecule has 1 aromatic rings. The molecule has 0 saturated carbocycles. The molecule has 5 N–H and O–H groups in total. The fraction of sp³-hybridized carbons (Fsp3) is 0.625. The van der Waals surface area contributed by atoms with Gasteiger partial charge < -0.3 is 16.2 Å². The number of aliphatic hydroxyl groups excluding tert-OH is 1. The maximum Gasteiger partial charge on any atom is 0.288 e. The van der Waals surface area contributed by atoms with Crippen LogP contribution < -0.4 is 11.1 Å². The van der Waals surface area contributed by atoms with Crippen molar-refractivity contribution in [2.24, 2.45) is 0 Å². The minimum atomic E-state index is -0.362. The normalized spacial score (nSPS) is 12.4. The minimum Gasteiger partial charge on any atom is -0.396 e. The van der Waals surface area contributed by atoms with Gasteiger partial charge in [-0.2, -0.15) is 4.98 Å². The van der Waals surface area contributed by atoms with E-state index >= 15 is 0 Å². The summed E-state index contributed by atoms with van der Waals surface area (Å²) in [6.45, 7) is 1.96. The Bertz CT molecular complexity index is 325. The maximum atomic E-state index is 11.5. The van der Waals surface area contributed by atoms with Gasteiger partial charge in [-0.1, -0.05) is 6.92 Å². The van der Waals surface area contributed by atoms with Crippen molar-refractivity contribution < 1.29 is 9.90 Å². The van der Waals surface area contributed by atoms with Crippen LogP contribution in [0.4, 0.5) is 5.95 Å². The monoisotopic (exact) mass is 213 g/mol. The molecule has 0 saturated heterocycles. The molecule has 1 amide bonds. The number of aliphatic hydroxyl groups is 1. The number of anilines is 1. The number of H-pyrrole nitrogens is 1. The van der Waals surface area contributed by atoms with E-state index < -0.39 is 0 Å². The Morgan fingerprint density at radius 3 is 2.93 bits per heavy atom. The van der Waals surface area contributed by atoms with Gasteiger partial charge in [-0.05, 0) is 12.8 Å². The molecule has 7 heteroatoms. The largest absolute Gasteiger partial charge is 0.396 e. The van der Waals surface area contributed by atoms with E-state index in [9.17, 15) is 4.79 Å². The second kappa shape index (κ2) is 5.30. The molecule has 1 atom stereocenters. The number of aromatic amines is 1. The summed E-state index contributed by atoms with van der Waals surface area (Å²) in [6.07, 6.45) is 1.27. The molecule has 0 fully saturated rings. The van der Waals surface area contributed by atoms with E-state index in [0.717, 1.165) is 6.42 Å². The smallest absolute Gasteiger partial charge is 0.288 e. The van der Waals surface area contributed by atoms with Crippen LogP contribution >= 0.6 is 0 Å². The average Bonchev–Trinajstić information content (AvgIpc) is 2.64. The minimum absolute atomic E-state index is 0.0374. The van der Waals surface area contributed by atoms with Gasteiger partial charge in [0.2, 0.25) is 11.8 Å². The zero-order chi connectivity index (χ0) is 11.3. The van der Waals surface area contributed by atoms with Crippen LogP contribution in [0.15, 0.2) is 0 Å². The fourth-order valence-corrected chi connectivity index (χ4v) is 1.16. The number of carbonyl (C=O) groups is 1. The van der Waals surface area contributed by atoms with Crippen LogP contribution in [0.3, 0.4) is 0 Å². The number of nitrogen functional groups attached to an aromatic ring is 1. The third-order valence-electron chi connectivity index (χ3n) is 2.02. The van der Waals surface area contributed by atoms with E-state index in [1.165, 1.54) is 0 Å². The van der Waals surface area contributed by atoms with Gasteiger partial charge in [0.15, 0.2) is 0 Å². The molecule has 7 nitrogen and oxygen atoms in total. The summed E-state index contributed by atoms with van der Waals surface area (Å²) < 4.78 is 0. The molecule has 15 heavy (non-hydrogen) atoms. The topological polar surface area (TPSA) is 117 Å². The Balaban J connectivity index is 2.54. The van der Waals surface area contributed by atoms with Crippen LogP contribution in [-0.4, -0.2) is 38.8 Å². The van der Waals surface area contributed by atoms with Gasteiger partial charge >= 0.3 is 0 Å². The first-order valence-corrected chi connectivity index (χ1v) is 4.77. The van der Waals surface area contributed by atoms with Gasteiger partial charge in [-0.25, -0.2) is 0 Å². The maximum absolute atomic E-state index is 11.5. The summed E-state index contributed by atoms with van der Waals surface area (Å²) in [5, 5.41) is 17.4. The highest BCUT2D eigenvalue weighted by Gasteiger charge is 2.14. The van der Waals surface area contributed by atoms with Gasteiger partial charge in [-0.15, -0.1) is 5.10 Å². The summed E-state index contributed by atoms with van der Waals surface area (Å²) in [7, 11) is 0. The third-order valence-corrected chi connectivity index (χ3v) is 2.02. The summed E-state index contributed by atoms with van der Waals surface area (Å²) in [4.78, 5) is 15.2. The van der Waals surface area contributed by atoms with E-state index in [0.29, 0.717) is 6.42 Å². The van der Waals surface area contributed by atoms with Crippen molar-refractivity contribution in [3.8, 4) is 0 Å². The Hall–Kier alpha value is -1.63. The standard InChI is InChI=1S/C8H15N5O2/c1-2-5(3-4-14)10-7(15)6-11-8(9)13-12-6/h5,14H,2-4H2,1H3,(H,10,15)(H3,9,11,12,13). The molecule has 0 aromatic carbocycles. The van der Waals surface area contributed by atoms with Crippen molar-refractivity contribution in [3.63, 3.8) is 0 Å². The Labute approximate surface area is 87.1 Å². The fourth-order valence-electron chi connectivity index (χ4n) is 1.16. The lowest BCUT2D eigenvalue weighted by Gasteiger charge is -2.14. The first-order chi connectivity index (χ1) is 7.17. The average molecular weight is 213 g/mol. The first kappa shape index (κ1) is 11.4. The highest BCUT2D eigenvalue weighted by atomic mass is 16.3. The Morgan fingerprint density at radius 1 is 1.73 bits per heavy atom. The molecule has 0 radical (unpaired) electrons. The summed E-state index contributed by atoms with van der Waals surface area (Å²) in [5.41, 5.74) is 5.26. The van der Waals surface area contributed by atoms with Crippen molar-refractivity contribution in [1.29, 1.82) is 0 Å². The molecular weight excluding hydrogens is 198 g/mol. The van der Waals surface area contributed by atoms with Crippen molar-refractivity contribution in [2.75, 3.05) is 12.3 Å². The molecule has 0 aliphatic rings. The number of nitrogens with zero attached hydrogens (tertiary/aromatic N) is 2. The lowest BCUT2D eigenvalue weighted by Crippen LogP contribution is -2.35. The second-order valence-corrected chi connectivity index (χ2v) is 3.13. The zero-order valence-electron chi connectivity index (χ0n) is 8.53. The predicted octanol–water partition coefficient (Wildman–Crippen LogP) is -0.722. The lowest BCUT2D eigenvalue weighted by molar-refractivity contribution is 0.0919. The lowest BCUT2D eigenvalue weighted by atomic mass is 10.1. The molecule has 0 aliphatic heterocycles. The number of rotatable bonds is 5. The molecule has 0 spiro atoms. The number of nitrogens with one attached hydrogen (secondary N) is 2. The molecule has 1 unspecified atom stereocenters. The van der Waals surface area contributed by atoms with E-state index in [1.807, 2.05) is 6.92 Å². The molecular formula is C8H15N5O2. The predicted molar refractivity (Wildman–Crippen MR) is 54.0 cm³/mol. The van der Waals surface area contributed by atoms with Crippen LogP contribution in [0, 0.1) is 0 Å². The van der Waals surface area contributed by atoms with Gasteiger partial charge in [-0.3, -0.25) is 9.89 Å². The van der Waals surface area contributed by atoms with Crippen molar-refractivity contribution in [1.82, 2.24) is 20.5 Å². The van der Waals surface area contributed by atoms with Crippen molar-refractivity contribution >= 4 is 11.9 Å². The summed E-state index contributed by atoms with van der Waals surface area (Å²) in [6, 6.07) is -0.0613. The van der Waals surface area contributed by atoms with Crippen LogP contribution in [0.1, 0.15) is 30.4 Å². The van der Waals surface area contributed by atoms with Crippen LogP contribution in [0.25, 0.3) is 0 Å². The molecule has 0 aliphatic carbocycles. The van der Waals surface area contributed by atoms with Crippen LogP contribution in [-0.2, 0) is 0 Å². The van der Waals surface area contributed by atoms with Crippen LogP contribution in [0.2, 0.25) is 0 Å². The Morgan fingerprint density at radius 2 is 2.47 bits per heavy atom. The van der Waals surface area contributed by atoms with Crippen molar-refractivity contribution in [3.05, 3.63) is 5.82 Å². The van der Waals surface area contributed by atoms with Gasteiger partial charge in [0.1, 0.15) is 0 Å². The molecule has 84 valence electrons. The second-order valence-electron chi connectivity index (χ2n) is 3.13. The third kappa shape index (κ3) is 3.21. The van der Waals surface area contributed by atoms with E-state index in [4.69, 9.17) is 10.8 Å². The van der Waals surface area contributed by atoms with Gasteiger partial charge in [0.05, 0.1) is 0 Å². The molecule has 0 bridgehead atoms. The van der Waals surface area contributed by atoms with E-state index in [2.05, 4.69) is 20.5 Å². The highest BCUT2D eigenvalue weighted by Crippen LogP contribution is 1.99. The number of carbonyl (C=O) groups excluding carboxylic acids is 1. The number of nitrogens with two attached hydrogens (primary N) is 1. The zero-order valence-corrected chi connectivity index (χ0v) is 8.53. The van der Waals surface area contributed by atoms with Crippen LogP contribution in [0.5, 0.6) is 0 Å². The first-order valence-electron chi connectivity index (χ1n) is 4.77. The summed E-state index contributed by atoms with van der Waals surface area (Å²) >= 11 is 0. The molecule has 1 aromatic heterocycles. The Kier molecular flexibility index (Phi) is 4.04. The summed E-state index contributed by atoms with van der Waals surface area (Å²) in [5.74, 6) is -0.237. The van der Waals surface area contributed by atoms with Gasteiger partial charge in [0.25, 0.3) is 5.91 Å². The van der Waals surface area contributed by atoms with Crippen molar-refractivity contribution in [2.45, 2.75) is 25.8 Å². The number of amides is 1. The number of hydrogen-bond acceptors (Lipinski definition) is 5. The van der Waals surface area contributed by atoms with E-state index in [-0.39, 0.29) is 30.3 Å². The molecule has 1 heterocycles. The number of aromatic nitrogens is 3. The number of hydrogen-bond donors (Lipinski definition) is 4. The quantitative estimate of drug-likeness (QED) is 0.515.